The molecule has 0 bridgehead atoms. The predicted octanol–water partition coefficient (Wildman–Crippen LogP) is 2.33. The number of carbonyl (C=O) groups excluding carboxylic acids is 1. The minimum absolute atomic E-state index is 0.301. The third-order valence-corrected chi connectivity index (χ3v) is 2.74. The predicted molar refractivity (Wildman–Crippen MR) is 65.9 cm³/mol. The number of esters is 1. The Bertz CT molecular complexity index is 578. The average molecular weight is 243 g/mol. The molecule has 3 nitrogen and oxygen atoms in total. The molecule has 0 saturated carbocycles. The number of carbonyl (C=O) groups is 1. The Kier molecular flexibility index (Phi) is 3.53. The molecule has 0 amide bonds. The van der Waals surface area contributed by atoms with E-state index >= 15 is 0 Å². The molecule has 0 fully saturated rings. The van der Waals surface area contributed by atoms with Gasteiger partial charge in [0.15, 0.2) is 10.7 Å². The van der Waals surface area contributed by atoms with Crippen LogP contribution in [0.1, 0.15) is 21.1 Å². The zero-order valence-electron chi connectivity index (χ0n) is 9.14. The van der Waals surface area contributed by atoms with Crippen molar-refractivity contribution in [1.29, 1.82) is 0 Å². The van der Waals surface area contributed by atoms with Crippen molar-refractivity contribution in [2.24, 2.45) is 0 Å². The molecule has 0 atom stereocenters. The zero-order valence-corrected chi connectivity index (χ0v) is 9.95. The molecular weight excluding hydrogens is 234 g/mol. The van der Waals surface area contributed by atoms with Gasteiger partial charge in [-0.2, -0.15) is 0 Å². The van der Waals surface area contributed by atoms with E-state index in [2.05, 4.69) is 21.6 Å². The first-order valence-electron chi connectivity index (χ1n) is 4.90. The van der Waals surface area contributed by atoms with Crippen molar-refractivity contribution in [2.45, 2.75) is 0 Å². The molecule has 0 aliphatic rings. The van der Waals surface area contributed by atoms with Crippen LogP contribution in [0.4, 0.5) is 0 Å². The van der Waals surface area contributed by atoms with Crippen LogP contribution >= 0.6 is 11.3 Å². The summed E-state index contributed by atoms with van der Waals surface area (Å²) in [6, 6.07) is 9.62. The Morgan fingerprint density at radius 2 is 2.06 bits per heavy atom. The monoisotopic (exact) mass is 243 g/mol. The lowest BCUT2D eigenvalue weighted by Crippen LogP contribution is -2.00. The summed E-state index contributed by atoms with van der Waals surface area (Å²) in [7, 11) is 1.33. The van der Waals surface area contributed by atoms with Gasteiger partial charge in [-0.15, -0.1) is 11.3 Å². The van der Waals surface area contributed by atoms with Gasteiger partial charge in [-0.05, 0) is 18.1 Å². The fourth-order valence-electron chi connectivity index (χ4n) is 1.18. The fraction of sp³-hybridized carbons (Fsp3) is 0.0769. The van der Waals surface area contributed by atoms with Gasteiger partial charge in [0.05, 0.1) is 7.11 Å². The standard InChI is InChI=1S/C13H9NO2S/c1-16-13(15)11-9-17-12(14-11)8-7-10-5-3-2-4-6-10/h2-6,9H,1H3. The summed E-state index contributed by atoms with van der Waals surface area (Å²) in [6.07, 6.45) is 0. The van der Waals surface area contributed by atoms with Crippen LogP contribution in [0.25, 0.3) is 0 Å². The fourth-order valence-corrected chi connectivity index (χ4v) is 1.81. The van der Waals surface area contributed by atoms with Crippen molar-refractivity contribution in [3.63, 3.8) is 0 Å². The Morgan fingerprint density at radius 3 is 2.76 bits per heavy atom. The van der Waals surface area contributed by atoms with Crippen LogP contribution in [-0.2, 0) is 4.74 Å². The molecule has 0 saturated heterocycles. The average Bonchev–Trinajstić information content (AvgIpc) is 2.85. The zero-order chi connectivity index (χ0) is 12.1. The van der Waals surface area contributed by atoms with Crippen molar-refractivity contribution in [2.75, 3.05) is 7.11 Å². The molecule has 1 heterocycles. The Labute approximate surface area is 103 Å². The Balaban J connectivity index is 2.18. The van der Waals surface area contributed by atoms with Gasteiger partial charge in [-0.3, -0.25) is 0 Å². The molecule has 4 heteroatoms. The highest BCUT2D eigenvalue weighted by atomic mass is 32.1. The lowest BCUT2D eigenvalue weighted by atomic mass is 10.2. The second kappa shape index (κ2) is 5.28. The summed E-state index contributed by atoms with van der Waals surface area (Å²) in [5.41, 5.74) is 1.22. The molecule has 0 aliphatic heterocycles. The van der Waals surface area contributed by atoms with E-state index in [9.17, 15) is 4.79 Å². The topological polar surface area (TPSA) is 39.2 Å². The summed E-state index contributed by atoms with van der Waals surface area (Å²) < 4.78 is 4.57. The van der Waals surface area contributed by atoms with Crippen LogP contribution in [0.3, 0.4) is 0 Å². The van der Waals surface area contributed by atoms with E-state index in [4.69, 9.17) is 0 Å². The molecule has 1 aromatic carbocycles. The molecule has 0 spiro atoms. The maximum absolute atomic E-state index is 11.2. The maximum Gasteiger partial charge on any atom is 0.357 e. The van der Waals surface area contributed by atoms with Crippen molar-refractivity contribution in [3.05, 3.63) is 52.0 Å². The number of hydrogen-bond acceptors (Lipinski definition) is 4. The molecule has 0 aliphatic carbocycles. The summed E-state index contributed by atoms with van der Waals surface area (Å²) in [4.78, 5) is 15.2. The number of ether oxygens (including phenoxy) is 1. The number of hydrogen-bond donors (Lipinski definition) is 0. The molecular formula is C13H9NO2S. The first kappa shape index (κ1) is 11.4. The molecule has 2 aromatic rings. The van der Waals surface area contributed by atoms with Gasteiger partial charge in [-0.1, -0.05) is 24.1 Å². The molecule has 0 unspecified atom stereocenters. The van der Waals surface area contributed by atoms with Gasteiger partial charge in [0.2, 0.25) is 0 Å². The van der Waals surface area contributed by atoms with Crippen molar-refractivity contribution in [1.82, 2.24) is 4.98 Å². The van der Waals surface area contributed by atoms with Crippen molar-refractivity contribution in [3.8, 4) is 11.8 Å². The van der Waals surface area contributed by atoms with Gasteiger partial charge >= 0.3 is 5.97 Å². The summed E-state index contributed by atoms with van der Waals surface area (Å²) >= 11 is 1.33. The highest BCUT2D eigenvalue weighted by Crippen LogP contribution is 2.09. The van der Waals surface area contributed by atoms with E-state index < -0.39 is 5.97 Å². The summed E-state index contributed by atoms with van der Waals surface area (Å²) in [5.74, 6) is 5.45. The third kappa shape index (κ3) is 2.92. The van der Waals surface area contributed by atoms with Crippen LogP contribution in [0.2, 0.25) is 0 Å². The van der Waals surface area contributed by atoms with Gasteiger partial charge in [-0.25, -0.2) is 9.78 Å². The van der Waals surface area contributed by atoms with Crippen LogP contribution in [0.5, 0.6) is 0 Å². The minimum Gasteiger partial charge on any atom is -0.464 e. The smallest absolute Gasteiger partial charge is 0.357 e. The minimum atomic E-state index is -0.436. The van der Waals surface area contributed by atoms with Gasteiger partial charge in [0.1, 0.15) is 0 Å². The van der Waals surface area contributed by atoms with Crippen LogP contribution in [-0.4, -0.2) is 18.1 Å². The van der Waals surface area contributed by atoms with Crippen LogP contribution in [0.15, 0.2) is 35.7 Å². The highest BCUT2D eigenvalue weighted by molar-refractivity contribution is 7.10. The van der Waals surface area contributed by atoms with E-state index in [1.54, 1.807) is 5.38 Å². The Morgan fingerprint density at radius 1 is 1.29 bits per heavy atom. The quantitative estimate of drug-likeness (QED) is 0.570. The maximum atomic E-state index is 11.2. The van der Waals surface area contributed by atoms with E-state index in [-0.39, 0.29) is 0 Å². The lowest BCUT2D eigenvalue weighted by molar-refractivity contribution is 0.0595. The number of thiazole rings is 1. The number of methoxy groups -OCH3 is 1. The number of benzene rings is 1. The van der Waals surface area contributed by atoms with Gasteiger partial charge in [0, 0.05) is 10.9 Å². The van der Waals surface area contributed by atoms with E-state index in [0.29, 0.717) is 10.7 Å². The molecule has 1 aromatic heterocycles. The molecule has 0 radical (unpaired) electrons. The Hall–Kier alpha value is -2.12. The number of rotatable bonds is 1. The first-order chi connectivity index (χ1) is 8.29. The molecule has 84 valence electrons. The normalized spacial score (nSPS) is 9.24. The molecule has 2 rings (SSSR count). The third-order valence-electron chi connectivity index (χ3n) is 1.99. The van der Waals surface area contributed by atoms with Crippen molar-refractivity contribution < 1.29 is 9.53 Å². The number of nitrogens with zero attached hydrogens (tertiary/aromatic N) is 1. The second-order valence-corrected chi connectivity index (χ2v) is 4.00. The summed E-state index contributed by atoms with van der Waals surface area (Å²) in [6.45, 7) is 0. The second-order valence-electron chi connectivity index (χ2n) is 3.15. The van der Waals surface area contributed by atoms with Gasteiger partial charge in [0.25, 0.3) is 0 Å². The van der Waals surface area contributed by atoms with Gasteiger partial charge < -0.3 is 4.74 Å². The largest absolute Gasteiger partial charge is 0.464 e. The first-order valence-corrected chi connectivity index (χ1v) is 5.78. The van der Waals surface area contributed by atoms with Crippen LogP contribution < -0.4 is 0 Å². The summed E-state index contributed by atoms with van der Waals surface area (Å²) in [5, 5.41) is 2.25. The van der Waals surface area contributed by atoms with E-state index in [1.807, 2.05) is 30.3 Å². The van der Waals surface area contributed by atoms with E-state index in [0.717, 1.165) is 5.56 Å². The highest BCUT2D eigenvalue weighted by Gasteiger charge is 2.08. The van der Waals surface area contributed by atoms with E-state index in [1.165, 1.54) is 18.4 Å². The lowest BCUT2D eigenvalue weighted by Gasteiger charge is -1.90. The molecule has 0 N–H and O–H groups in total. The SMILES string of the molecule is COC(=O)c1csc(C#Cc2ccccc2)n1. The number of aromatic nitrogens is 1. The van der Waals surface area contributed by atoms with Crippen molar-refractivity contribution >= 4 is 17.3 Å². The molecule has 17 heavy (non-hydrogen) atoms. The van der Waals surface area contributed by atoms with Crippen LogP contribution in [0, 0.1) is 11.8 Å².